The number of carbonyl (C=O) groups excluding carboxylic acids is 1. The third-order valence-electron chi connectivity index (χ3n) is 4.41. The first-order valence-corrected chi connectivity index (χ1v) is 9.11. The molecular formula is C20H22FN5O3. The minimum absolute atomic E-state index is 0.104. The SMILES string of the molecule is COc1cnc(C2=CCN(c3nccc(COC(=O)CC(C)=N)c3F)CC2)nc1. The molecule has 0 bridgehead atoms. The number of carbonyl (C=O) groups is 1. The Kier molecular flexibility index (Phi) is 6.48. The predicted molar refractivity (Wildman–Crippen MR) is 105 cm³/mol. The summed E-state index contributed by atoms with van der Waals surface area (Å²) in [6, 6.07) is 1.49. The average molecular weight is 399 g/mol. The molecular weight excluding hydrogens is 377 g/mol. The van der Waals surface area contributed by atoms with Gasteiger partial charge in [-0.25, -0.2) is 19.3 Å². The van der Waals surface area contributed by atoms with Crippen molar-refractivity contribution in [1.29, 1.82) is 5.41 Å². The summed E-state index contributed by atoms with van der Waals surface area (Å²) in [6.45, 7) is 2.34. The second kappa shape index (κ2) is 9.22. The van der Waals surface area contributed by atoms with Crippen LogP contribution < -0.4 is 9.64 Å². The van der Waals surface area contributed by atoms with Crippen molar-refractivity contribution < 1.29 is 18.7 Å². The fraction of sp³-hybridized carbons (Fsp3) is 0.350. The lowest BCUT2D eigenvalue weighted by Gasteiger charge is -2.27. The van der Waals surface area contributed by atoms with E-state index in [9.17, 15) is 9.18 Å². The first-order valence-electron chi connectivity index (χ1n) is 9.11. The van der Waals surface area contributed by atoms with Gasteiger partial charge in [0.1, 0.15) is 6.61 Å². The Morgan fingerprint density at radius 1 is 1.31 bits per heavy atom. The van der Waals surface area contributed by atoms with Crippen LogP contribution in [0.15, 0.2) is 30.7 Å². The maximum atomic E-state index is 14.9. The first kappa shape index (κ1) is 20.4. The van der Waals surface area contributed by atoms with Crippen molar-refractivity contribution in [3.8, 4) is 5.75 Å². The summed E-state index contributed by atoms with van der Waals surface area (Å²) in [5.74, 6) is 0.366. The molecule has 0 spiro atoms. The Labute approximate surface area is 167 Å². The van der Waals surface area contributed by atoms with E-state index in [0.29, 0.717) is 31.1 Å². The van der Waals surface area contributed by atoms with Crippen LogP contribution in [0.2, 0.25) is 0 Å². The Hall–Kier alpha value is -3.36. The summed E-state index contributed by atoms with van der Waals surface area (Å²) in [6.07, 6.45) is 7.21. The van der Waals surface area contributed by atoms with Gasteiger partial charge in [0.25, 0.3) is 0 Å². The summed E-state index contributed by atoms with van der Waals surface area (Å²) >= 11 is 0. The van der Waals surface area contributed by atoms with E-state index in [1.807, 2.05) is 11.0 Å². The van der Waals surface area contributed by atoms with Crippen LogP contribution in [-0.4, -0.2) is 46.8 Å². The maximum Gasteiger partial charge on any atom is 0.311 e. The molecule has 0 atom stereocenters. The van der Waals surface area contributed by atoms with E-state index >= 15 is 0 Å². The molecule has 9 heteroatoms. The van der Waals surface area contributed by atoms with Gasteiger partial charge in [0.05, 0.1) is 25.9 Å². The lowest BCUT2D eigenvalue weighted by Crippen LogP contribution is -2.30. The summed E-state index contributed by atoms with van der Waals surface area (Å²) in [5, 5.41) is 7.30. The van der Waals surface area contributed by atoms with Gasteiger partial charge in [-0.05, 0) is 25.0 Å². The van der Waals surface area contributed by atoms with Gasteiger partial charge in [0.15, 0.2) is 23.2 Å². The summed E-state index contributed by atoms with van der Waals surface area (Å²) in [7, 11) is 1.56. The van der Waals surface area contributed by atoms with Gasteiger partial charge in [-0.2, -0.15) is 0 Å². The number of aromatic nitrogens is 3. The molecule has 0 unspecified atom stereocenters. The minimum atomic E-state index is -0.555. The van der Waals surface area contributed by atoms with Gasteiger partial charge < -0.3 is 19.8 Å². The largest absolute Gasteiger partial charge is 0.494 e. The molecule has 3 heterocycles. The van der Waals surface area contributed by atoms with Gasteiger partial charge in [0.2, 0.25) is 0 Å². The number of hydrogen-bond acceptors (Lipinski definition) is 8. The zero-order chi connectivity index (χ0) is 20.8. The quantitative estimate of drug-likeness (QED) is 0.564. The number of rotatable bonds is 7. The monoisotopic (exact) mass is 399 g/mol. The molecule has 0 fully saturated rings. The molecule has 1 aliphatic heterocycles. The zero-order valence-electron chi connectivity index (χ0n) is 16.3. The number of anilines is 1. The van der Waals surface area contributed by atoms with Crippen molar-refractivity contribution in [1.82, 2.24) is 15.0 Å². The lowest BCUT2D eigenvalue weighted by molar-refractivity contribution is -0.143. The number of hydrogen-bond donors (Lipinski definition) is 1. The molecule has 0 aliphatic carbocycles. The van der Waals surface area contributed by atoms with Crippen LogP contribution >= 0.6 is 0 Å². The minimum Gasteiger partial charge on any atom is -0.494 e. The maximum absolute atomic E-state index is 14.9. The predicted octanol–water partition coefficient (Wildman–Crippen LogP) is 2.79. The number of nitrogens with zero attached hydrogens (tertiary/aromatic N) is 4. The van der Waals surface area contributed by atoms with Crippen LogP contribution in [0.5, 0.6) is 5.75 Å². The third kappa shape index (κ3) is 5.13. The topological polar surface area (TPSA) is 101 Å². The third-order valence-corrected chi connectivity index (χ3v) is 4.41. The van der Waals surface area contributed by atoms with Gasteiger partial charge in [-0.15, -0.1) is 0 Å². The molecule has 0 amide bonds. The highest BCUT2D eigenvalue weighted by atomic mass is 19.1. The second-order valence-electron chi connectivity index (χ2n) is 6.60. The van der Waals surface area contributed by atoms with Crippen LogP contribution in [0.25, 0.3) is 5.57 Å². The molecule has 0 radical (unpaired) electrons. The molecule has 1 aliphatic rings. The van der Waals surface area contributed by atoms with Crippen molar-refractivity contribution in [2.45, 2.75) is 26.4 Å². The van der Waals surface area contributed by atoms with E-state index in [0.717, 1.165) is 5.57 Å². The number of nitrogens with one attached hydrogen (secondary N) is 1. The number of pyridine rings is 1. The molecule has 8 nitrogen and oxygen atoms in total. The lowest BCUT2D eigenvalue weighted by atomic mass is 10.1. The van der Waals surface area contributed by atoms with Gasteiger partial charge in [-0.3, -0.25) is 4.79 Å². The van der Waals surface area contributed by atoms with E-state index in [1.54, 1.807) is 19.5 Å². The van der Waals surface area contributed by atoms with Crippen molar-refractivity contribution in [3.63, 3.8) is 0 Å². The first-order chi connectivity index (χ1) is 14.0. The fourth-order valence-electron chi connectivity index (χ4n) is 2.88. The van der Waals surface area contributed by atoms with Crippen LogP contribution in [0, 0.1) is 11.2 Å². The van der Waals surface area contributed by atoms with Crippen LogP contribution in [-0.2, 0) is 16.1 Å². The van der Waals surface area contributed by atoms with Gasteiger partial charge >= 0.3 is 5.97 Å². The Bertz CT molecular complexity index is 930. The van der Waals surface area contributed by atoms with E-state index < -0.39 is 11.8 Å². The second-order valence-corrected chi connectivity index (χ2v) is 6.60. The van der Waals surface area contributed by atoms with E-state index in [1.165, 1.54) is 19.2 Å². The molecule has 0 saturated heterocycles. The van der Waals surface area contributed by atoms with Crippen LogP contribution in [0.3, 0.4) is 0 Å². The Morgan fingerprint density at radius 2 is 2.07 bits per heavy atom. The van der Waals surface area contributed by atoms with E-state index in [4.69, 9.17) is 14.9 Å². The van der Waals surface area contributed by atoms with Crippen LogP contribution in [0.1, 0.15) is 31.2 Å². The van der Waals surface area contributed by atoms with Crippen LogP contribution in [0.4, 0.5) is 10.2 Å². The smallest absolute Gasteiger partial charge is 0.311 e. The Balaban J connectivity index is 1.67. The highest BCUT2D eigenvalue weighted by Gasteiger charge is 2.21. The summed E-state index contributed by atoms with van der Waals surface area (Å²) in [5.41, 5.74) is 1.43. The van der Waals surface area contributed by atoms with Gasteiger partial charge in [-0.1, -0.05) is 6.08 Å². The standard InChI is InChI=1S/C20H22FN5O3/c1-13(22)9-17(27)29-12-15-3-6-23-20(18(15)21)26-7-4-14(5-8-26)19-24-10-16(28-2)11-25-19/h3-4,6,10-11,22H,5,7-9,12H2,1-2H3. The highest BCUT2D eigenvalue weighted by molar-refractivity contribution is 5.95. The molecule has 3 rings (SSSR count). The normalized spacial score (nSPS) is 13.6. The fourth-order valence-corrected chi connectivity index (χ4v) is 2.88. The number of ether oxygens (including phenoxy) is 2. The Morgan fingerprint density at radius 3 is 2.69 bits per heavy atom. The molecule has 2 aromatic rings. The number of methoxy groups -OCH3 is 1. The molecule has 1 N–H and O–H groups in total. The average Bonchev–Trinajstić information content (AvgIpc) is 2.73. The van der Waals surface area contributed by atoms with E-state index in [2.05, 4.69) is 15.0 Å². The van der Waals surface area contributed by atoms with Crippen molar-refractivity contribution in [3.05, 3.63) is 47.9 Å². The summed E-state index contributed by atoms with van der Waals surface area (Å²) < 4.78 is 25.0. The zero-order valence-corrected chi connectivity index (χ0v) is 16.3. The molecule has 0 aromatic carbocycles. The van der Waals surface area contributed by atoms with Crippen molar-refractivity contribution >= 4 is 23.1 Å². The van der Waals surface area contributed by atoms with Gasteiger partial charge in [0, 0.05) is 30.6 Å². The molecule has 0 saturated carbocycles. The van der Waals surface area contributed by atoms with E-state index in [-0.39, 0.29) is 30.1 Å². The molecule has 2 aromatic heterocycles. The molecule has 29 heavy (non-hydrogen) atoms. The molecule has 152 valence electrons. The number of esters is 1. The summed E-state index contributed by atoms with van der Waals surface area (Å²) in [4.78, 5) is 26.1. The highest BCUT2D eigenvalue weighted by Crippen LogP contribution is 2.26. The number of halogens is 1. The van der Waals surface area contributed by atoms with Crippen molar-refractivity contribution in [2.75, 3.05) is 25.1 Å². The van der Waals surface area contributed by atoms with Crippen molar-refractivity contribution in [2.24, 2.45) is 0 Å².